The van der Waals surface area contributed by atoms with E-state index in [1.807, 2.05) is 0 Å². The quantitative estimate of drug-likeness (QED) is 0.486. The van der Waals surface area contributed by atoms with Crippen molar-refractivity contribution in [3.63, 3.8) is 0 Å². The van der Waals surface area contributed by atoms with Crippen molar-refractivity contribution in [2.24, 2.45) is 0 Å². The molecule has 9 heteroatoms. The summed E-state index contributed by atoms with van der Waals surface area (Å²) in [7, 11) is 1.59. The number of carbonyl (C=O) groups excluding carboxylic acids is 2. The minimum absolute atomic E-state index is 0.253. The van der Waals surface area contributed by atoms with Gasteiger partial charge in [-0.25, -0.2) is 0 Å². The summed E-state index contributed by atoms with van der Waals surface area (Å²) in [5.74, 6) is 0.278. The van der Waals surface area contributed by atoms with E-state index in [9.17, 15) is 9.59 Å². The second kappa shape index (κ2) is 9.05. The van der Waals surface area contributed by atoms with Gasteiger partial charge in [0, 0.05) is 11.1 Å². The maximum atomic E-state index is 12.2. The molecule has 8 nitrogen and oxygen atoms in total. The highest BCUT2D eigenvalue weighted by Crippen LogP contribution is 2.27. The van der Waals surface area contributed by atoms with Crippen molar-refractivity contribution in [1.29, 1.82) is 0 Å². The van der Waals surface area contributed by atoms with Crippen LogP contribution in [0.25, 0.3) is 11.5 Å². The number of carbonyl (C=O) groups is 2. The molecule has 144 valence electrons. The van der Waals surface area contributed by atoms with Crippen LogP contribution in [0.4, 0.5) is 0 Å². The van der Waals surface area contributed by atoms with Crippen LogP contribution in [0, 0.1) is 0 Å². The molecular weight excluding hydrogens is 380 g/mol. The highest BCUT2D eigenvalue weighted by atomic mass is 32.2. The summed E-state index contributed by atoms with van der Waals surface area (Å²) in [6, 6.07) is 15.8. The zero-order valence-corrected chi connectivity index (χ0v) is 16.0. The molecule has 1 atom stereocenters. The summed E-state index contributed by atoms with van der Waals surface area (Å²) in [6.45, 7) is 1.67. The minimum atomic E-state index is -0.555. The van der Waals surface area contributed by atoms with Gasteiger partial charge in [0.05, 0.1) is 12.4 Å². The molecule has 1 heterocycles. The first-order valence-corrected chi connectivity index (χ1v) is 9.24. The van der Waals surface area contributed by atoms with Crippen molar-refractivity contribution >= 4 is 23.6 Å². The summed E-state index contributed by atoms with van der Waals surface area (Å²) in [6.07, 6.45) is 0. The third-order valence-electron chi connectivity index (χ3n) is 3.73. The molecule has 0 aliphatic rings. The number of nitrogens with zero attached hydrogens (tertiary/aromatic N) is 2. The molecule has 0 bridgehead atoms. The maximum absolute atomic E-state index is 12.2. The summed E-state index contributed by atoms with van der Waals surface area (Å²) < 4.78 is 10.7. The van der Waals surface area contributed by atoms with Gasteiger partial charge >= 0.3 is 0 Å². The van der Waals surface area contributed by atoms with Crippen LogP contribution in [0.5, 0.6) is 5.75 Å². The number of rotatable bonds is 6. The third-order valence-corrected chi connectivity index (χ3v) is 4.66. The summed E-state index contributed by atoms with van der Waals surface area (Å²) >= 11 is 1.09. The van der Waals surface area contributed by atoms with E-state index in [1.165, 1.54) is 0 Å². The first-order chi connectivity index (χ1) is 13.6. The van der Waals surface area contributed by atoms with Crippen LogP contribution in [-0.2, 0) is 4.79 Å². The van der Waals surface area contributed by atoms with Crippen LogP contribution in [0.15, 0.2) is 64.2 Å². The molecule has 3 aromatic rings. The van der Waals surface area contributed by atoms with Gasteiger partial charge in [-0.15, -0.1) is 10.2 Å². The van der Waals surface area contributed by atoms with Gasteiger partial charge in [-0.2, -0.15) is 0 Å². The van der Waals surface area contributed by atoms with Crippen LogP contribution < -0.4 is 15.6 Å². The lowest BCUT2D eigenvalue weighted by molar-refractivity contribution is -0.121. The summed E-state index contributed by atoms with van der Waals surface area (Å²) in [5.41, 5.74) is 5.96. The van der Waals surface area contributed by atoms with E-state index in [-0.39, 0.29) is 5.22 Å². The zero-order valence-electron chi connectivity index (χ0n) is 15.2. The van der Waals surface area contributed by atoms with Crippen molar-refractivity contribution in [1.82, 2.24) is 21.0 Å². The molecule has 0 unspecified atom stereocenters. The Balaban J connectivity index is 1.54. The first kappa shape index (κ1) is 19.4. The Kier molecular flexibility index (Phi) is 6.28. The Morgan fingerprint density at radius 2 is 1.75 bits per heavy atom. The standard InChI is InChI=1S/C19H18N4O4S/c1-12(16(24)20-21-17(25)13-6-4-3-5-7-13)28-19-23-22-18(27-19)14-8-10-15(26-2)11-9-14/h3-12H,1-2H3,(H,20,24)(H,21,25)/t12-/m0/s1. The number of hydrogen-bond donors (Lipinski definition) is 2. The highest BCUT2D eigenvalue weighted by molar-refractivity contribution is 8.00. The normalized spacial score (nSPS) is 11.5. The van der Waals surface area contributed by atoms with Crippen molar-refractivity contribution < 1.29 is 18.7 Å². The molecule has 2 amide bonds. The number of amides is 2. The number of ether oxygens (including phenoxy) is 1. The largest absolute Gasteiger partial charge is 0.497 e. The van der Waals surface area contributed by atoms with E-state index in [4.69, 9.17) is 9.15 Å². The Bertz CT molecular complexity index is 944. The Hall–Kier alpha value is -3.33. The second-order valence-corrected chi connectivity index (χ2v) is 6.96. The minimum Gasteiger partial charge on any atom is -0.497 e. The Morgan fingerprint density at radius 1 is 1.04 bits per heavy atom. The molecule has 0 radical (unpaired) electrons. The third kappa shape index (κ3) is 4.89. The number of hydrogen-bond acceptors (Lipinski definition) is 7. The SMILES string of the molecule is COc1ccc(-c2nnc(S[C@@H](C)C(=O)NNC(=O)c3ccccc3)o2)cc1. The predicted octanol–water partition coefficient (Wildman–Crippen LogP) is 2.69. The molecule has 0 spiro atoms. The van der Waals surface area contributed by atoms with Gasteiger partial charge < -0.3 is 9.15 Å². The number of hydrazine groups is 1. The van der Waals surface area contributed by atoms with Crippen LogP contribution in [0.1, 0.15) is 17.3 Å². The van der Waals surface area contributed by atoms with E-state index in [2.05, 4.69) is 21.0 Å². The van der Waals surface area contributed by atoms with Crippen LogP contribution in [0.3, 0.4) is 0 Å². The van der Waals surface area contributed by atoms with Crippen molar-refractivity contribution in [3.8, 4) is 17.2 Å². The van der Waals surface area contributed by atoms with Crippen molar-refractivity contribution in [2.75, 3.05) is 7.11 Å². The Labute approximate surface area is 165 Å². The fraction of sp³-hybridized carbons (Fsp3) is 0.158. The molecule has 0 fully saturated rings. The van der Waals surface area contributed by atoms with E-state index in [0.717, 1.165) is 23.1 Å². The van der Waals surface area contributed by atoms with Crippen LogP contribution in [0.2, 0.25) is 0 Å². The van der Waals surface area contributed by atoms with Crippen LogP contribution in [-0.4, -0.2) is 34.4 Å². The fourth-order valence-electron chi connectivity index (χ4n) is 2.19. The molecule has 1 aromatic heterocycles. The average Bonchev–Trinajstić information content (AvgIpc) is 3.20. The molecule has 0 aliphatic heterocycles. The second-order valence-electron chi connectivity index (χ2n) is 5.67. The molecule has 3 rings (SSSR count). The van der Waals surface area contributed by atoms with Gasteiger partial charge in [-0.3, -0.25) is 20.4 Å². The lowest BCUT2D eigenvalue weighted by atomic mass is 10.2. The predicted molar refractivity (Wildman–Crippen MR) is 104 cm³/mol. The molecule has 28 heavy (non-hydrogen) atoms. The smallest absolute Gasteiger partial charge is 0.277 e. The van der Waals surface area contributed by atoms with Crippen LogP contribution >= 0.6 is 11.8 Å². The average molecular weight is 398 g/mol. The number of nitrogens with one attached hydrogen (secondary N) is 2. The topological polar surface area (TPSA) is 106 Å². The molecule has 0 aliphatic carbocycles. The fourth-order valence-corrected chi connectivity index (χ4v) is 2.88. The number of methoxy groups -OCH3 is 1. The van der Waals surface area contributed by atoms with Gasteiger partial charge in [-0.1, -0.05) is 30.0 Å². The zero-order chi connectivity index (χ0) is 19.9. The Morgan fingerprint density at radius 3 is 2.43 bits per heavy atom. The van der Waals surface area contributed by atoms with E-state index >= 15 is 0 Å². The first-order valence-electron chi connectivity index (χ1n) is 8.36. The van der Waals surface area contributed by atoms with Crippen molar-refractivity contribution in [3.05, 3.63) is 60.2 Å². The summed E-state index contributed by atoms with van der Waals surface area (Å²) in [5, 5.41) is 7.63. The molecule has 0 saturated carbocycles. The highest BCUT2D eigenvalue weighted by Gasteiger charge is 2.19. The maximum Gasteiger partial charge on any atom is 0.277 e. The monoisotopic (exact) mass is 398 g/mol. The number of thioether (sulfide) groups is 1. The van der Waals surface area contributed by atoms with E-state index in [0.29, 0.717) is 11.5 Å². The van der Waals surface area contributed by atoms with Gasteiger partial charge in [0.2, 0.25) is 5.89 Å². The van der Waals surface area contributed by atoms with Gasteiger partial charge in [0.15, 0.2) is 0 Å². The van der Waals surface area contributed by atoms with Gasteiger partial charge in [0.25, 0.3) is 17.0 Å². The van der Waals surface area contributed by atoms with Gasteiger partial charge in [-0.05, 0) is 43.3 Å². The molecular formula is C19H18N4O4S. The van der Waals surface area contributed by atoms with Crippen molar-refractivity contribution in [2.45, 2.75) is 17.4 Å². The number of benzene rings is 2. The summed E-state index contributed by atoms with van der Waals surface area (Å²) in [4.78, 5) is 24.1. The van der Waals surface area contributed by atoms with E-state index < -0.39 is 17.1 Å². The molecule has 2 aromatic carbocycles. The van der Waals surface area contributed by atoms with Gasteiger partial charge in [0.1, 0.15) is 5.75 Å². The lowest BCUT2D eigenvalue weighted by Crippen LogP contribution is -2.44. The molecule has 0 saturated heterocycles. The number of aromatic nitrogens is 2. The molecule has 2 N–H and O–H groups in total. The lowest BCUT2D eigenvalue weighted by Gasteiger charge is -2.10. The van der Waals surface area contributed by atoms with E-state index in [1.54, 1.807) is 68.6 Å².